The molecular formula is C13H16N4O. The van der Waals surface area contributed by atoms with E-state index < -0.39 is 0 Å². The third-order valence-corrected chi connectivity index (χ3v) is 3.99. The highest BCUT2D eigenvalue weighted by Gasteiger charge is 2.41. The molecule has 2 fully saturated rings. The van der Waals surface area contributed by atoms with Crippen LogP contribution >= 0.6 is 0 Å². The lowest BCUT2D eigenvalue weighted by Crippen LogP contribution is -2.31. The van der Waals surface area contributed by atoms with Gasteiger partial charge in [-0.05, 0) is 38.7 Å². The molecule has 0 aromatic carbocycles. The normalized spacial score (nSPS) is 29.3. The van der Waals surface area contributed by atoms with Crippen molar-refractivity contribution in [1.29, 1.82) is 5.26 Å². The Labute approximate surface area is 106 Å². The van der Waals surface area contributed by atoms with Crippen LogP contribution in [0.3, 0.4) is 0 Å². The van der Waals surface area contributed by atoms with E-state index in [-0.39, 0.29) is 12.1 Å². The Bertz CT molecular complexity index is 522. The van der Waals surface area contributed by atoms with Crippen LogP contribution in [0.5, 0.6) is 0 Å². The van der Waals surface area contributed by atoms with Crippen LogP contribution in [-0.4, -0.2) is 28.4 Å². The molecule has 2 aliphatic heterocycles. The topological polar surface area (TPSA) is 70.8 Å². The first-order valence-corrected chi connectivity index (χ1v) is 6.35. The molecule has 1 aromatic rings. The van der Waals surface area contributed by atoms with Gasteiger partial charge in [0.05, 0.1) is 23.9 Å². The van der Waals surface area contributed by atoms with Crippen LogP contribution in [0.4, 0.5) is 5.82 Å². The van der Waals surface area contributed by atoms with Crippen molar-refractivity contribution in [3.8, 4) is 6.07 Å². The van der Waals surface area contributed by atoms with Gasteiger partial charge in [-0.15, -0.1) is 5.10 Å². The molecule has 3 atom stereocenters. The van der Waals surface area contributed by atoms with Crippen LogP contribution < -0.4 is 5.32 Å². The van der Waals surface area contributed by atoms with E-state index in [1.807, 2.05) is 13.8 Å². The van der Waals surface area contributed by atoms with Gasteiger partial charge in [0.1, 0.15) is 11.6 Å². The van der Waals surface area contributed by atoms with Gasteiger partial charge in [-0.3, -0.25) is 0 Å². The minimum atomic E-state index is 0.268. The maximum Gasteiger partial charge on any atom is 0.167 e. The fraction of sp³-hybridized carbons (Fsp3) is 0.615. The molecule has 94 valence electrons. The Balaban J connectivity index is 1.85. The number of nitriles is 1. The standard InChI is InChI=1S/C13H16N4O/c1-7-8(2)16-17-13(10(7)6-14)15-11-5-9-3-4-12(11)18-9/h9,11-12H,3-5H2,1-2H3,(H,15,17)/t9-,11-,12-/m0/s1. The minimum Gasteiger partial charge on any atom is -0.373 e. The summed E-state index contributed by atoms with van der Waals surface area (Å²) in [6, 6.07) is 2.49. The largest absolute Gasteiger partial charge is 0.373 e. The van der Waals surface area contributed by atoms with Crippen LogP contribution in [0.1, 0.15) is 36.1 Å². The zero-order valence-electron chi connectivity index (χ0n) is 10.6. The van der Waals surface area contributed by atoms with Crippen molar-refractivity contribution < 1.29 is 4.74 Å². The van der Waals surface area contributed by atoms with E-state index in [2.05, 4.69) is 21.6 Å². The van der Waals surface area contributed by atoms with Crippen molar-refractivity contribution >= 4 is 5.82 Å². The fourth-order valence-electron chi connectivity index (χ4n) is 2.81. The Morgan fingerprint density at radius 1 is 1.33 bits per heavy atom. The lowest BCUT2D eigenvalue weighted by Gasteiger charge is -2.21. The van der Waals surface area contributed by atoms with Gasteiger partial charge in [0.2, 0.25) is 0 Å². The van der Waals surface area contributed by atoms with Gasteiger partial charge in [-0.25, -0.2) is 0 Å². The summed E-state index contributed by atoms with van der Waals surface area (Å²) in [4.78, 5) is 0. The Hall–Kier alpha value is -1.67. The van der Waals surface area contributed by atoms with E-state index in [0.717, 1.165) is 30.5 Å². The van der Waals surface area contributed by atoms with Gasteiger partial charge in [0.25, 0.3) is 0 Å². The molecule has 5 heteroatoms. The van der Waals surface area contributed by atoms with E-state index in [9.17, 15) is 5.26 Å². The molecule has 5 nitrogen and oxygen atoms in total. The highest BCUT2D eigenvalue weighted by molar-refractivity contribution is 5.56. The number of hydrogen-bond acceptors (Lipinski definition) is 5. The van der Waals surface area contributed by atoms with E-state index in [0.29, 0.717) is 17.5 Å². The second-order valence-electron chi connectivity index (χ2n) is 5.11. The predicted molar refractivity (Wildman–Crippen MR) is 66.1 cm³/mol. The van der Waals surface area contributed by atoms with Crippen LogP contribution in [0.25, 0.3) is 0 Å². The molecule has 1 aromatic heterocycles. The van der Waals surface area contributed by atoms with Crippen LogP contribution in [-0.2, 0) is 4.74 Å². The number of aromatic nitrogens is 2. The zero-order valence-corrected chi connectivity index (χ0v) is 10.6. The summed E-state index contributed by atoms with van der Waals surface area (Å²) >= 11 is 0. The number of anilines is 1. The van der Waals surface area contributed by atoms with Gasteiger partial charge in [-0.1, -0.05) is 0 Å². The van der Waals surface area contributed by atoms with E-state index in [4.69, 9.17) is 4.74 Å². The third-order valence-electron chi connectivity index (χ3n) is 3.99. The van der Waals surface area contributed by atoms with Crippen LogP contribution in [0, 0.1) is 25.2 Å². The molecule has 2 saturated heterocycles. The summed E-state index contributed by atoms with van der Waals surface area (Å²) in [6.45, 7) is 3.78. The van der Waals surface area contributed by atoms with Crippen molar-refractivity contribution in [2.45, 2.75) is 51.4 Å². The molecule has 1 N–H and O–H groups in total. The molecule has 2 aliphatic rings. The number of ether oxygens (including phenoxy) is 1. The van der Waals surface area contributed by atoms with Crippen molar-refractivity contribution in [2.75, 3.05) is 5.32 Å². The molecule has 0 saturated carbocycles. The lowest BCUT2D eigenvalue weighted by molar-refractivity contribution is 0.102. The van der Waals surface area contributed by atoms with Crippen molar-refractivity contribution in [3.05, 3.63) is 16.8 Å². The summed E-state index contributed by atoms with van der Waals surface area (Å²) in [5, 5.41) is 20.8. The number of aryl methyl sites for hydroxylation is 1. The Kier molecular flexibility index (Phi) is 2.67. The molecule has 0 unspecified atom stereocenters. The molecular weight excluding hydrogens is 228 g/mol. The number of fused-ring (bicyclic) bond motifs is 2. The first-order valence-electron chi connectivity index (χ1n) is 6.35. The molecule has 3 rings (SSSR count). The van der Waals surface area contributed by atoms with Gasteiger partial charge >= 0.3 is 0 Å². The van der Waals surface area contributed by atoms with Crippen LogP contribution in [0.2, 0.25) is 0 Å². The molecule has 2 bridgehead atoms. The monoisotopic (exact) mass is 244 g/mol. The number of nitrogens with zero attached hydrogens (tertiary/aromatic N) is 3. The molecule has 18 heavy (non-hydrogen) atoms. The van der Waals surface area contributed by atoms with Crippen LogP contribution in [0.15, 0.2) is 0 Å². The average molecular weight is 244 g/mol. The maximum absolute atomic E-state index is 9.24. The van der Waals surface area contributed by atoms with Gasteiger partial charge < -0.3 is 10.1 Å². The second kappa shape index (κ2) is 4.21. The molecule has 0 amide bonds. The van der Waals surface area contributed by atoms with Gasteiger partial charge in [0.15, 0.2) is 5.82 Å². The summed E-state index contributed by atoms with van der Waals surface area (Å²) in [5.74, 6) is 0.599. The fourth-order valence-corrected chi connectivity index (χ4v) is 2.81. The van der Waals surface area contributed by atoms with Crippen molar-refractivity contribution in [1.82, 2.24) is 10.2 Å². The third kappa shape index (κ3) is 1.73. The minimum absolute atomic E-state index is 0.268. The van der Waals surface area contributed by atoms with Crippen molar-refractivity contribution in [2.24, 2.45) is 0 Å². The number of hydrogen-bond donors (Lipinski definition) is 1. The average Bonchev–Trinajstić information content (AvgIpc) is 2.96. The molecule has 0 radical (unpaired) electrons. The van der Waals surface area contributed by atoms with E-state index in [1.54, 1.807) is 0 Å². The molecule has 0 spiro atoms. The number of rotatable bonds is 2. The summed E-state index contributed by atoms with van der Waals surface area (Å²) in [6.07, 6.45) is 3.92. The van der Waals surface area contributed by atoms with Gasteiger partial charge in [0, 0.05) is 0 Å². The predicted octanol–water partition coefficient (Wildman–Crippen LogP) is 1.70. The quantitative estimate of drug-likeness (QED) is 0.857. The lowest BCUT2D eigenvalue weighted by atomic mass is 9.95. The van der Waals surface area contributed by atoms with Gasteiger partial charge in [-0.2, -0.15) is 10.4 Å². The summed E-state index contributed by atoms with van der Waals surface area (Å²) < 4.78 is 5.79. The first kappa shape index (κ1) is 11.4. The highest BCUT2D eigenvalue weighted by atomic mass is 16.5. The second-order valence-corrected chi connectivity index (χ2v) is 5.11. The van der Waals surface area contributed by atoms with Crippen molar-refractivity contribution in [3.63, 3.8) is 0 Å². The Morgan fingerprint density at radius 3 is 2.78 bits per heavy atom. The first-order chi connectivity index (χ1) is 8.69. The Morgan fingerprint density at radius 2 is 2.17 bits per heavy atom. The SMILES string of the molecule is Cc1nnc(N[C@H]2C[C@@H]3CC[C@@H]2O3)c(C#N)c1C. The molecule has 3 heterocycles. The highest BCUT2D eigenvalue weighted by Crippen LogP contribution is 2.36. The van der Waals surface area contributed by atoms with E-state index >= 15 is 0 Å². The zero-order chi connectivity index (χ0) is 12.7. The maximum atomic E-state index is 9.24. The molecule has 0 aliphatic carbocycles. The van der Waals surface area contributed by atoms with E-state index in [1.165, 1.54) is 0 Å². The number of nitrogens with one attached hydrogen (secondary N) is 1. The summed E-state index contributed by atoms with van der Waals surface area (Å²) in [5.41, 5.74) is 2.31. The smallest absolute Gasteiger partial charge is 0.167 e. The summed E-state index contributed by atoms with van der Waals surface area (Å²) in [7, 11) is 0.